The van der Waals surface area contributed by atoms with Crippen molar-refractivity contribution in [2.45, 2.75) is 44.7 Å². The number of halogens is 5. The van der Waals surface area contributed by atoms with Crippen molar-refractivity contribution in [1.29, 1.82) is 0 Å². The Bertz CT molecular complexity index is 1390. The highest BCUT2D eigenvalue weighted by Gasteiger charge is 2.27. The first kappa shape index (κ1) is 28.2. The number of carbonyl (C=O) groups is 2. The summed E-state index contributed by atoms with van der Waals surface area (Å²) >= 11 is 9.48. The third kappa shape index (κ3) is 6.07. The van der Waals surface area contributed by atoms with Crippen molar-refractivity contribution < 1.29 is 27.9 Å². The van der Waals surface area contributed by atoms with Crippen LogP contribution in [-0.4, -0.2) is 47.8 Å². The number of alkyl halides is 1. The number of nitrogens with zero attached hydrogens (tertiary/aromatic N) is 2. The molecule has 2 unspecified atom stereocenters. The first-order valence-electron chi connectivity index (χ1n) is 12.2. The van der Waals surface area contributed by atoms with E-state index in [0.717, 1.165) is 16.6 Å². The Morgan fingerprint density at radius 1 is 1.26 bits per heavy atom. The van der Waals surface area contributed by atoms with E-state index in [2.05, 4.69) is 21.2 Å². The zero-order valence-electron chi connectivity index (χ0n) is 20.5. The number of rotatable bonds is 8. The van der Waals surface area contributed by atoms with Crippen molar-refractivity contribution in [3.63, 3.8) is 0 Å². The molecule has 3 aromatic rings. The molecular weight excluding hydrogens is 587 g/mol. The van der Waals surface area contributed by atoms with E-state index in [1.54, 1.807) is 25.1 Å². The summed E-state index contributed by atoms with van der Waals surface area (Å²) in [5, 5.41) is 12.1. The number of hydrogen-bond acceptors (Lipinski definition) is 4. The van der Waals surface area contributed by atoms with Gasteiger partial charge < -0.3 is 15.3 Å². The van der Waals surface area contributed by atoms with Gasteiger partial charge in [-0.25, -0.2) is 18.2 Å². The maximum absolute atomic E-state index is 14.7. The number of nitrogens with one attached hydrogen (secondary N) is 1. The van der Waals surface area contributed by atoms with Crippen LogP contribution in [0.25, 0.3) is 10.9 Å². The Labute approximate surface area is 231 Å². The summed E-state index contributed by atoms with van der Waals surface area (Å²) in [5.41, 5.74) is 1.23. The van der Waals surface area contributed by atoms with Gasteiger partial charge in [0.1, 0.15) is 23.6 Å². The quantitative estimate of drug-likeness (QED) is 0.282. The van der Waals surface area contributed by atoms with Gasteiger partial charge in [-0.2, -0.15) is 0 Å². The normalized spacial score (nSPS) is 16.5. The fraction of sp³-hybridized carbons (Fsp3) is 0.370. The zero-order chi connectivity index (χ0) is 27.6. The van der Waals surface area contributed by atoms with Crippen LogP contribution < -0.4 is 10.2 Å². The van der Waals surface area contributed by atoms with Gasteiger partial charge in [-0.3, -0.25) is 9.59 Å². The number of pyridine rings is 1. The number of aromatic nitrogens is 1. The molecule has 11 heteroatoms. The Hall–Kier alpha value is -2.85. The minimum atomic E-state index is -1.12. The van der Waals surface area contributed by atoms with Crippen molar-refractivity contribution in [3.05, 3.63) is 68.2 Å². The van der Waals surface area contributed by atoms with Crippen molar-refractivity contribution >= 4 is 56.1 Å². The molecule has 4 rings (SSSR count). The van der Waals surface area contributed by atoms with Crippen molar-refractivity contribution in [2.24, 2.45) is 0 Å². The number of carboxylic acids is 1. The summed E-state index contributed by atoms with van der Waals surface area (Å²) in [7, 11) is 0. The largest absolute Gasteiger partial charge is 0.481 e. The highest BCUT2D eigenvalue weighted by molar-refractivity contribution is 9.10. The molecular formula is C27H26BrClF3N3O3. The first-order chi connectivity index (χ1) is 18.1. The van der Waals surface area contributed by atoms with Crippen LogP contribution >= 0.6 is 27.5 Å². The molecule has 2 heterocycles. The van der Waals surface area contributed by atoms with Gasteiger partial charge in [-0.1, -0.05) is 27.5 Å². The molecule has 1 saturated heterocycles. The van der Waals surface area contributed by atoms with Crippen LogP contribution in [-0.2, 0) is 4.79 Å². The van der Waals surface area contributed by atoms with E-state index in [0.29, 0.717) is 47.2 Å². The van der Waals surface area contributed by atoms with Crippen LogP contribution in [0.3, 0.4) is 0 Å². The minimum absolute atomic E-state index is 0.0752. The molecule has 1 fully saturated rings. The molecule has 0 spiro atoms. The molecule has 0 bridgehead atoms. The predicted molar refractivity (Wildman–Crippen MR) is 144 cm³/mol. The lowest BCUT2D eigenvalue weighted by Crippen LogP contribution is -2.38. The first-order valence-corrected chi connectivity index (χ1v) is 13.4. The number of fused-ring (bicyclic) bond motifs is 1. The monoisotopic (exact) mass is 611 g/mol. The second-order valence-corrected chi connectivity index (χ2v) is 10.7. The van der Waals surface area contributed by atoms with E-state index >= 15 is 0 Å². The fourth-order valence-electron chi connectivity index (χ4n) is 4.90. The molecule has 1 aliphatic rings. The van der Waals surface area contributed by atoms with E-state index in [9.17, 15) is 27.9 Å². The van der Waals surface area contributed by atoms with Crippen LogP contribution in [0.4, 0.5) is 19.0 Å². The third-order valence-corrected chi connectivity index (χ3v) is 7.64. The maximum atomic E-state index is 14.7. The Balaban J connectivity index is 1.71. The lowest BCUT2D eigenvalue weighted by atomic mass is 9.93. The number of aliphatic carboxylic acids is 1. The Kier molecular flexibility index (Phi) is 8.82. The highest BCUT2D eigenvalue weighted by Crippen LogP contribution is 2.34. The van der Waals surface area contributed by atoms with Crippen LogP contribution in [0, 0.1) is 18.6 Å². The minimum Gasteiger partial charge on any atom is -0.481 e. The molecule has 0 aliphatic carbocycles. The van der Waals surface area contributed by atoms with Gasteiger partial charge in [-0.15, -0.1) is 0 Å². The van der Waals surface area contributed by atoms with Crippen LogP contribution in [0.1, 0.15) is 53.1 Å². The molecule has 1 aliphatic heterocycles. The number of carbonyl (C=O) groups excluding carboxylic acids is 1. The van der Waals surface area contributed by atoms with E-state index in [4.69, 9.17) is 16.6 Å². The number of amides is 1. The molecule has 1 aromatic heterocycles. The molecule has 6 nitrogen and oxygen atoms in total. The number of benzene rings is 2. The fourth-order valence-corrected chi connectivity index (χ4v) is 5.57. The average molecular weight is 613 g/mol. The van der Waals surface area contributed by atoms with E-state index in [1.165, 1.54) is 0 Å². The molecule has 1 amide bonds. The second-order valence-electron chi connectivity index (χ2n) is 9.38. The van der Waals surface area contributed by atoms with Crippen LogP contribution in [0.2, 0.25) is 5.02 Å². The number of piperidine rings is 1. The standard InChI is InChI=1S/C27H26BrClF3N3O3/c1-14-23(18-11-16(28)5-8-21(18)34-26(14)35-10-2-3-17(30)13-35)27(38)33-12-15(4-9-22(36)37)24-19(31)6-7-20(32)25(24)29/h5-8,11,15,17H,2-4,9-10,12-13H2,1H3,(H,33,38)(H,36,37). The zero-order valence-corrected chi connectivity index (χ0v) is 22.9. The van der Waals surface area contributed by atoms with E-state index < -0.39 is 40.6 Å². The number of hydrogen-bond donors (Lipinski definition) is 2. The van der Waals surface area contributed by atoms with Gasteiger partial charge in [0.05, 0.1) is 22.6 Å². The summed E-state index contributed by atoms with van der Waals surface area (Å²) in [5.74, 6) is -3.64. The smallest absolute Gasteiger partial charge is 0.303 e. The molecule has 38 heavy (non-hydrogen) atoms. The molecule has 202 valence electrons. The molecule has 0 saturated carbocycles. The van der Waals surface area contributed by atoms with Crippen molar-refractivity contribution in [2.75, 3.05) is 24.5 Å². The topological polar surface area (TPSA) is 82.5 Å². The lowest BCUT2D eigenvalue weighted by molar-refractivity contribution is -0.137. The summed E-state index contributed by atoms with van der Waals surface area (Å²) in [6.45, 7) is 2.33. The van der Waals surface area contributed by atoms with Gasteiger partial charge in [-0.05, 0) is 56.5 Å². The summed E-state index contributed by atoms with van der Waals surface area (Å²) in [6, 6.07) is 7.12. The second kappa shape index (κ2) is 11.9. The molecule has 0 radical (unpaired) electrons. The average Bonchev–Trinajstić information content (AvgIpc) is 2.87. The van der Waals surface area contributed by atoms with Gasteiger partial charge in [0, 0.05) is 46.4 Å². The highest BCUT2D eigenvalue weighted by atomic mass is 79.9. The lowest BCUT2D eigenvalue weighted by Gasteiger charge is -2.32. The number of carboxylic acid groups (broad SMARTS) is 1. The maximum Gasteiger partial charge on any atom is 0.303 e. The molecule has 2 aromatic carbocycles. The van der Waals surface area contributed by atoms with Gasteiger partial charge in [0.25, 0.3) is 5.91 Å². The van der Waals surface area contributed by atoms with Crippen molar-refractivity contribution in [3.8, 4) is 0 Å². The Morgan fingerprint density at radius 3 is 2.71 bits per heavy atom. The SMILES string of the molecule is Cc1c(N2CCCC(F)C2)nc2ccc(Br)cc2c1C(=O)NCC(CCC(=O)O)c1c(F)ccc(F)c1Cl. The Morgan fingerprint density at radius 2 is 2.00 bits per heavy atom. The van der Waals surface area contributed by atoms with Crippen molar-refractivity contribution in [1.82, 2.24) is 10.3 Å². The van der Waals surface area contributed by atoms with Gasteiger partial charge in [0.2, 0.25) is 0 Å². The van der Waals surface area contributed by atoms with Crippen LogP contribution in [0.15, 0.2) is 34.8 Å². The molecule has 2 atom stereocenters. The van der Waals surface area contributed by atoms with E-state index in [1.807, 2.05) is 4.90 Å². The summed E-state index contributed by atoms with van der Waals surface area (Å²) < 4.78 is 43.8. The third-order valence-electron chi connectivity index (χ3n) is 6.76. The predicted octanol–water partition coefficient (Wildman–Crippen LogP) is 6.55. The summed E-state index contributed by atoms with van der Waals surface area (Å²) in [4.78, 5) is 31.4. The van der Waals surface area contributed by atoms with E-state index in [-0.39, 0.29) is 31.5 Å². The number of anilines is 1. The van der Waals surface area contributed by atoms with Crippen LogP contribution in [0.5, 0.6) is 0 Å². The van der Waals surface area contributed by atoms with Gasteiger partial charge >= 0.3 is 5.97 Å². The molecule has 2 N–H and O–H groups in total. The van der Waals surface area contributed by atoms with Gasteiger partial charge in [0.15, 0.2) is 0 Å². The summed E-state index contributed by atoms with van der Waals surface area (Å²) in [6.07, 6.45) is -0.272.